The average Bonchev–Trinajstić information content (AvgIpc) is 3.15. The second-order valence-corrected chi connectivity index (χ2v) is 8.80. The number of ether oxygens (including phenoxy) is 1. The van der Waals surface area contributed by atoms with Gasteiger partial charge in [0.15, 0.2) is 4.34 Å². The number of aryl methyl sites for hydroxylation is 1. The van der Waals surface area contributed by atoms with Gasteiger partial charge in [0.1, 0.15) is 10.0 Å². The molecule has 0 saturated heterocycles. The Hall–Kier alpha value is -1.98. The van der Waals surface area contributed by atoms with Gasteiger partial charge in [0, 0.05) is 14.1 Å². The summed E-state index contributed by atoms with van der Waals surface area (Å²) in [5.74, 6) is -1.03. The third kappa shape index (κ3) is 4.59. The van der Waals surface area contributed by atoms with Crippen molar-refractivity contribution in [2.45, 2.75) is 18.2 Å². The summed E-state index contributed by atoms with van der Waals surface area (Å²) in [6.45, 7) is 3.50. The summed E-state index contributed by atoms with van der Waals surface area (Å²) < 4.78 is 5.49. The predicted octanol–water partition coefficient (Wildman–Crippen LogP) is 2.44. The molecule has 8 nitrogen and oxygen atoms in total. The lowest BCUT2D eigenvalue weighted by Gasteiger charge is -2.08. The van der Waals surface area contributed by atoms with Crippen LogP contribution >= 0.6 is 34.4 Å². The first-order valence-electron chi connectivity index (χ1n) is 7.40. The van der Waals surface area contributed by atoms with Crippen molar-refractivity contribution in [1.29, 1.82) is 0 Å². The van der Waals surface area contributed by atoms with E-state index in [4.69, 9.17) is 4.74 Å². The smallest absolute Gasteiger partial charge is 0.341 e. The quantitative estimate of drug-likeness (QED) is 0.572. The van der Waals surface area contributed by atoms with Crippen LogP contribution in [0.3, 0.4) is 0 Å². The maximum absolute atomic E-state index is 12.3. The molecule has 0 spiro atoms. The van der Waals surface area contributed by atoms with Crippen LogP contribution in [0.25, 0.3) is 0 Å². The number of amides is 2. The molecule has 1 N–H and O–H groups in total. The van der Waals surface area contributed by atoms with E-state index >= 15 is 0 Å². The van der Waals surface area contributed by atoms with Gasteiger partial charge in [-0.15, -0.1) is 21.5 Å². The third-order valence-electron chi connectivity index (χ3n) is 3.22. The zero-order valence-corrected chi connectivity index (χ0v) is 17.4. The van der Waals surface area contributed by atoms with Crippen molar-refractivity contribution >= 4 is 57.2 Å². The minimum atomic E-state index is -0.598. The molecule has 0 radical (unpaired) electrons. The first-order valence-corrected chi connectivity index (χ1v) is 10.0. The second-order valence-electron chi connectivity index (χ2n) is 5.38. The number of aromatic nitrogens is 2. The maximum Gasteiger partial charge on any atom is 0.341 e. The van der Waals surface area contributed by atoms with Gasteiger partial charge in [0.05, 0.1) is 23.3 Å². The van der Waals surface area contributed by atoms with Crippen molar-refractivity contribution in [3.8, 4) is 0 Å². The summed E-state index contributed by atoms with van der Waals surface area (Å²) in [4.78, 5) is 38.5. The highest BCUT2D eigenvalue weighted by Crippen LogP contribution is 2.34. The van der Waals surface area contributed by atoms with Gasteiger partial charge in [-0.3, -0.25) is 9.59 Å². The Morgan fingerprint density at radius 2 is 1.88 bits per heavy atom. The molecule has 26 heavy (non-hydrogen) atoms. The Morgan fingerprint density at radius 1 is 1.19 bits per heavy atom. The zero-order valence-electron chi connectivity index (χ0n) is 14.9. The first kappa shape index (κ1) is 20.3. The van der Waals surface area contributed by atoms with E-state index in [-0.39, 0.29) is 23.1 Å². The summed E-state index contributed by atoms with van der Waals surface area (Å²) >= 11 is 3.72. The van der Waals surface area contributed by atoms with Gasteiger partial charge in [-0.2, -0.15) is 0 Å². The molecule has 2 aromatic heterocycles. The average molecular weight is 415 g/mol. The standard InChI is InChI=1S/C15H18N4O4S3/c1-7-10(14(22)23-5)12(26-11(7)13(21)19(3)4)16-9(20)6-24-15-18-17-8(2)25-15/h6H2,1-5H3,(H,16,20). The number of thioether (sulfide) groups is 1. The van der Waals surface area contributed by atoms with Gasteiger partial charge in [0.25, 0.3) is 5.91 Å². The molecular formula is C15H18N4O4S3. The molecule has 2 rings (SSSR count). The van der Waals surface area contributed by atoms with Gasteiger partial charge >= 0.3 is 5.97 Å². The fourth-order valence-corrected chi connectivity index (χ4v) is 4.83. The van der Waals surface area contributed by atoms with Crippen molar-refractivity contribution in [2.75, 3.05) is 32.3 Å². The van der Waals surface area contributed by atoms with Crippen LogP contribution in [0.2, 0.25) is 0 Å². The number of methoxy groups -OCH3 is 1. The Labute approximate surface area is 162 Å². The predicted molar refractivity (Wildman–Crippen MR) is 102 cm³/mol. The summed E-state index contributed by atoms with van der Waals surface area (Å²) in [7, 11) is 4.50. The Bertz CT molecular complexity index is 844. The van der Waals surface area contributed by atoms with E-state index < -0.39 is 5.97 Å². The second kappa shape index (κ2) is 8.60. The van der Waals surface area contributed by atoms with Crippen LogP contribution in [0.4, 0.5) is 5.00 Å². The van der Waals surface area contributed by atoms with Crippen molar-refractivity contribution < 1.29 is 19.1 Å². The number of carbonyl (C=O) groups excluding carboxylic acids is 3. The molecule has 2 heterocycles. The highest BCUT2D eigenvalue weighted by Gasteiger charge is 2.27. The lowest BCUT2D eigenvalue weighted by Crippen LogP contribution is -2.21. The van der Waals surface area contributed by atoms with Crippen LogP contribution < -0.4 is 5.32 Å². The van der Waals surface area contributed by atoms with E-state index in [2.05, 4.69) is 15.5 Å². The highest BCUT2D eigenvalue weighted by atomic mass is 32.2. The largest absolute Gasteiger partial charge is 0.465 e. The first-order chi connectivity index (χ1) is 12.2. The van der Waals surface area contributed by atoms with Crippen LogP contribution in [-0.4, -0.2) is 59.8 Å². The summed E-state index contributed by atoms with van der Waals surface area (Å²) in [5, 5.41) is 11.7. The van der Waals surface area contributed by atoms with Gasteiger partial charge in [-0.05, 0) is 19.4 Å². The molecule has 0 unspecified atom stereocenters. The van der Waals surface area contributed by atoms with Crippen LogP contribution in [0.5, 0.6) is 0 Å². The number of rotatable bonds is 6. The number of hydrogen-bond acceptors (Lipinski definition) is 9. The van der Waals surface area contributed by atoms with Crippen LogP contribution in [0.1, 0.15) is 30.6 Å². The SMILES string of the molecule is COC(=O)c1c(NC(=O)CSc2nnc(C)s2)sc(C(=O)N(C)C)c1C. The molecule has 2 aromatic rings. The van der Waals surface area contributed by atoms with Gasteiger partial charge < -0.3 is 15.0 Å². The molecule has 0 aliphatic carbocycles. The number of anilines is 1. The molecular weight excluding hydrogens is 396 g/mol. The topological polar surface area (TPSA) is 101 Å². The van der Waals surface area contributed by atoms with Crippen LogP contribution in [0.15, 0.2) is 4.34 Å². The minimum Gasteiger partial charge on any atom is -0.465 e. The van der Waals surface area contributed by atoms with Crippen molar-refractivity contribution in [1.82, 2.24) is 15.1 Å². The fraction of sp³-hybridized carbons (Fsp3) is 0.400. The lowest BCUT2D eigenvalue weighted by molar-refractivity contribution is -0.113. The number of nitrogens with one attached hydrogen (secondary N) is 1. The molecule has 2 amide bonds. The van der Waals surface area contributed by atoms with Gasteiger partial charge in [0.2, 0.25) is 5.91 Å². The summed E-state index contributed by atoms with van der Waals surface area (Å²) in [5.41, 5.74) is 0.691. The number of thiophene rings is 1. The molecule has 0 atom stereocenters. The van der Waals surface area contributed by atoms with E-state index in [1.807, 2.05) is 6.92 Å². The van der Waals surface area contributed by atoms with Crippen LogP contribution in [-0.2, 0) is 9.53 Å². The third-order valence-corrected chi connectivity index (χ3v) is 6.39. The van der Waals surface area contributed by atoms with Crippen molar-refractivity contribution in [3.63, 3.8) is 0 Å². The zero-order chi connectivity index (χ0) is 19.4. The summed E-state index contributed by atoms with van der Waals surface area (Å²) in [6.07, 6.45) is 0. The normalized spacial score (nSPS) is 10.5. The fourth-order valence-electron chi connectivity index (χ4n) is 1.98. The molecule has 0 aromatic carbocycles. The number of carbonyl (C=O) groups is 3. The lowest BCUT2D eigenvalue weighted by atomic mass is 10.1. The van der Waals surface area contributed by atoms with Crippen LogP contribution in [0, 0.1) is 13.8 Å². The molecule has 0 fully saturated rings. The number of esters is 1. The molecule has 0 bridgehead atoms. The van der Waals surface area contributed by atoms with E-state index in [0.29, 0.717) is 19.8 Å². The summed E-state index contributed by atoms with van der Waals surface area (Å²) in [6, 6.07) is 0. The Balaban J connectivity index is 2.20. The molecule has 0 aliphatic heterocycles. The van der Waals surface area contributed by atoms with Crippen molar-refractivity contribution in [2.24, 2.45) is 0 Å². The van der Waals surface area contributed by atoms with Crippen molar-refractivity contribution in [3.05, 3.63) is 21.0 Å². The van der Waals surface area contributed by atoms with Gasteiger partial charge in [-0.25, -0.2) is 4.79 Å². The molecule has 0 saturated carbocycles. The van der Waals surface area contributed by atoms with E-state index in [1.54, 1.807) is 21.0 Å². The Kier molecular flexibility index (Phi) is 6.73. The van der Waals surface area contributed by atoms with E-state index in [9.17, 15) is 14.4 Å². The number of hydrogen-bond donors (Lipinski definition) is 1. The van der Waals surface area contributed by atoms with E-state index in [0.717, 1.165) is 16.3 Å². The molecule has 11 heteroatoms. The minimum absolute atomic E-state index is 0.114. The van der Waals surface area contributed by atoms with Gasteiger partial charge in [-0.1, -0.05) is 23.1 Å². The Morgan fingerprint density at radius 3 is 2.42 bits per heavy atom. The molecule has 140 valence electrons. The molecule has 0 aliphatic rings. The van der Waals surface area contributed by atoms with E-state index in [1.165, 1.54) is 35.1 Å². The monoisotopic (exact) mass is 414 g/mol. The maximum atomic E-state index is 12.3. The number of nitrogens with zero attached hydrogens (tertiary/aromatic N) is 3. The highest BCUT2D eigenvalue weighted by molar-refractivity contribution is 8.01.